The van der Waals surface area contributed by atoms with Gasteiger partial charge in [0, 0.05) is 25.7 Å². The molecule has 0 N–H and O–H groups in total. The van der Waals surface area contributed by atoms with Crippen LogP contribution in [0.5, 0.6) is 5.75 Å². The van der Waals surface area contributed by atoms with Gasteiger partial charge in [0.1, 0.15) is 5.75 Å². The van der Waals surface area contributed by atoms with Crippen molar-refractivity contribution in [2.75, 3.05) is 14.2 Å². The van der Waals surface area contributed by atoms with Crippen LogP contribution in [-0.4, -0.2) is 29.9 Å². The molecule has 1 amide bonds. The van der Waals surface area contributed by atoms with E-state index in [2.05, 4.69) is 0 Å². The second-order valence-electron chi connectivity index (χ2n) is 5.02. The van der Waals surface area contributed by atoms with Crippen molar-refractivity contribution < 1.29 is 14.5 Å². The van der Waals surface area contributed by atoms with Crippen LogP contribution in [0.25, 0.3) is 0 Å². The highest BCUT2D eigenvalue weighted by atomic mass is 35.5. The molecule has 2 aromatic rings. The molecule has 24 heavy (non-hydrogen) atoms. The van der Waals surface area contributed by atoms with Gasteiger partial charge in [-0.25, -0.2) is 0 Å². The molecule has 8 heteroatoms. The maximum atomic E-state index is 12.6. The van der Waals surface area contributed by atoms with Crippen LogP contribution in [0.15, 0.2) is 36.4 Å². The number of ether oxygens (including phenoxy) is 1. The molecule has 0 aliphatic carbocycles. The maximum absolute atomic E-state index is 12.6. The second-order valence-corrected chi connectivity index (χ2v) is 5.80. The summed E-state index contributed by atoms with van der Waals surface area (Å²) < 4.78 is 5.13. The molecule has 2 rings (SSSR count). The predicted molar refractivity (Wildman–Crippen MR) is 91.9 cm³/mol. The Morgan fingerprint density at radius 3 is 2.62 bits per heavy atom. The lowest BCUT2D eigenvalue weighted by atomic mass is 10.1. The zero-order chi connectivity index (χ0) is 17.9. The molecule has 0 bridgehead atoms. The first kappa shape index (κ1) is 18.0. The number of non-ortho nitro benzene ring substituents is 1. The zero-order valence-corrected chi connectivity index (χ0v) is 14.5. The first-order valence-corrected chi connectivity index (χ1v) is 7.61. The van der Waals surface area contributed by atoms with Crippen molar-refractivity contribution in [2.24, 2.45) is 0 Å². The van der Waals surface area contributed by atoms with Gasteiger partial charge in [-0.1, -0.05) is 35.3 Å². The molecule has 0 atom stereocenters. The number of halogens is 2. The molecule has 126 valence electrons. The van der Waals surface area contributed by atoms with E-state index in [0.717, 1.165) is 0 Å². The summed E-state index contributed by atoms with van der Waals surface area (Å²) in [5.41, 5.74) is 0.588. The van der Waals surface area contributed by atoms with Gasteiger partial charge in [-0.15, -0.1) is 0 Å². The SMILES string of the molecule is COc1ccc([N+](=O)[O-])cc1C(=O)N(C)Cc1cccc(Cl)c1Cl. The van der Waals surface area contributed by atoms with Crippen molar-refractivity contribution in [3.63, 3.8) is 0 Å². The lowest BCUT2D eigenvalue weighted by Crippen LogP contribution is -2.26. The Hall–Kier alpha value is -2.31. The normalized spacial score (nSPS) is 10.3. The van der Waals surface area contributed by atoms with Gasteiger partial charge in [-0.2, -0.15) is 0 Å². The number of rotatable bonds is 5. The van der Waals surface area contributed by atoms with Crippen LogP contribution in [-0.2, 0) is 6.54 Å². The number of nitro groups is 1. The maximum Gasteiger partial charge on any atom is 0.270 e. The van der Waals surface area contributed by atoms with Crippen molar-refractivity contribution in [1.82, 2.24) is 4.90 Å². The summed E-state index contributed by atoms with van der Waals surface area (Å²) in [4.78, 5) is 24.4. The minimum atomic E-state index is -0.565. The Morgan fingerprint density at radius 2 is 2.00 bits per heavy atom. The predicted octanol–water partition coefficient (Wildman–Crippen LogP) is 4.18. The lowest BCUT2D eigenvalue weighted by Gasteiger charge is -2.19. The highest BCUT2D eigenvalue weighted by Gasteiger charge is 2.21. The zero-order valence-electron chi connectivity index (χ0n) is 13.0. The van der Waals surface area contributed by atoms with E-state index in [1.807, 2.05) is 0 Å². The topological polar surface area (TPSA) is 72.7 Å². The number of hydrogen-bond acceptors (Lipinski definition) is 4. The fourth-order valence-electron chi connectivity index (χ4n) is 2.18. The fraction of sp³-hybridized carbons (Fsp3) is 0.188. The van der Waals surface area contributed by atoms with Crippen LogP contribution in [0, 0.1) is 10.1 Å². The van der Waals surface area contributed by atoms with Crippen LogP contribution in [0.1, 0.15) is 15.9 Å². The van der Waals surface area contributed by atoms with Crippen molar-refractivity contribution in [3.8, 4) is 5.75 Å². The monoisotopic (exact) mass is 368 g/mol. The van der Waals surface area contributed by atoms with E-state index in [9.17, 15) is 14.9 Å². The Labute approximate surface area is 148 Å². The van der Waals surface area contributed by atoms with Crippen molar-refractivity contribution >= 4 is 34.8 Å². The summed E-state index contributed by atoms with van der Waals surface area (Å²) in [6, 6.07) is 9.00. The van der Waals surface area contributed by atoms with Gasteiger partial charge in [-0.05, 0) is 17.7 Å². The van der Waals surface area contributed by atoms with Crippen molar-refractivity contribution in [1.29, 1.82) is 0 Å². The van der Waals surface area contributed by atoms with E-state index in [0.29, 0.717) is 15.6 Å². The highest BCUT2D eigenvalue weighted by molar-refractivity contribution is 6.42. The van der Waals surface area contributed by atoms with Crippen molar-refractivity contribution in [2.45, 2.75) is 6.54 Å². The smallest absolute Gasteiger partial charge is 0.270 e. The highest BCUT2D eigenvalue weighted by Crippen LogP contribution is 2.28. The van der Waals surface area contributed by atoms with E-state index < -0.39 is 10.8 Å². The van der Waals surface area contributed by atoms with E-state index in [1.165, 1.54) is 30.2 Å². The number of carbonyl (C=O) groups is 1. The summed E-state index contributed by atoms with van der Waals surface area (Å²) in [6.45, 7) is 0.198. The van der Waals surface area contributed by atoms with Gasteiger partial charge in [0.15, 0.2) is 0 Å². The molecule has 0 saturated carbocycles. The molecule has 6 nitrogen and oxygen atoms in total. The molecule has 0 aliphatic heterocycles. The van der Waals surface area contributed by atoms with Gasteiger partial charge >= 0.3 is 0 Å². The molecule has 0 aliphatic rings. The Balaban J connectivity index is 2.32. The van der Waals surface area contributed by atoms with Gasteiger partial charge < -0.3 is 9.64 Å². The lowest BCUT2D eigenvalue weighted by molar-refractivity contribution is -0.384. The first-order chi connectivity index (χ1) is 11.3. The molecule has 0 heterocycles. The van der Waals surface area contributed by atoms with Gasteiger partial charge in [0.2, 0.25) is 0 Å². The summed E-state index contributed by atoms with van der Waals surface area (Å²) in [5, 5.41) is 11.7. The van der Waals surface area contributed by atoms with Crippen LogP contribution in [0.4, 0.5) is 5.69 Å². The number of hydrogen-bond donors (Lipinski definition) is 0. The minimum absolute atomic E-state index is 0.104. The minimum Gasteiger partial charge on any atom is -0.496 e. The quantitative estimate of drug-likeness (QED) is 0.585. The Kier molecular flexibility index (Phi) is 5.64. The molecule has 2 aromatic carbocycles. The molecule has 0 fully saturated rings. The van der Waals surface area contributed by atoms with Crippen LogP contribution in [0.2, 0.25) is 10.0 Å². The largest absolute Gasteiger partial charge is 0.496 e. The summed E-state index contributed by atoms with van der Waals surface area (Å²) in [5.74, 6) is -0.166. The number of carbonyl (C=O) groups excluding carboxylic acids is 1. The molecule has 0 unspecified atom stereocenters. The number of nitrogens with zero attached hydrogens (tertiary/aromatic N) is 2. The summed E-state index contributed by atoms with van der Waals surface area (Å²) >= 11 is 12.1. The number of methoxy groups -OCH3 is 1. The second kappa shape index (κ2) is 7.51. The van der Waals surface area contributed by atoms with E-state index in [-0.39, 0.29) is 23.5 Å². The van der Waals surface area contributed by atoms with E-state index in [4.69, 9.17) is 27.9 Å². The Bertz CT molecular complexity index is 796. The molecular formula is C16H14Cl2N2O4. The molecular weight excluding hydrogens is 355 g/mol. The molecule has 0 saturated heterocycles. The Morgan fingerprint density at radius 1 is 1.29 bits per heavy atom. The third-order valence-corrected chi connectivity index (χ3v) is 4.27. The molecule has 0 aromatic heterocycles. The van der Waals surface area contributed by atoms with Crippen LogP contribution < -0.4 is 4.74 Å². The average molecular weight is 369 g/mol. The summed E-state index contributed by atoms with van der Waals surface area (Å²) in [6.07, 6.45) is 0. The third kappa shape index (κ3) is 3.77. The number of nitro benzene ring substituents is 1. The van der Waals surface area contributed by atoms with Crippen molar-refractivity contribution in [3.05, 3.63) is 67.7 Å². The number of amides is 1. The van der Waals surface area contributed by atoms with Gasteiger partial charge in [0.25, 0.3) is 11.6 Å². The first-order valence-electron chi connectivity index (χ1n) is 6.86. The van der Waals surface area contributed by atoms with E-state index in [1.54, 1.807) is 25.2 Å². The standard InChI is InChI=1S/C16H14Cl2N2O4/c1-19(9-10-4-3-5-13(17)15(10)18)16(21)12-8-11(20(22)23)6-7-14(12)24-2/h3-8H,9H2,1-2H3. The van der Waals surface area contributed by atoms with Crippen LogP contribution >= 0.6 is 23.2 Å². The van der Waals surface area contributed by atoms with E-state index >= 15 is 0 Å². The van der Waals surface area contributed by atoms with Crippen LogP contribution in [0.3, 0.4) is 0 Å². The molecule has 0 radical (unpaired) electrons. The average Bonchev–Trinajstić information content (AvgIpc) is 2.57. The van der Waals surface area contributed by atoms with Gasteiger partial charge in [-0.3, -0.25) is 14.9 Å². The van der Waals surface area contributed by atoms with Gasteiger partial charge in [0.05, 0.1) is 27.6 Å². The fourth-order valence-corrected chi connectivity index (χ4v) is 2.56. The summed E-state index contributed by atoms with van der Waals surface area (Å²) in [7, 11) is 2.96. The molecule has 0 spiro atoms. The third-order valence-electron chi connectivity index (χ3n) is 3.41. The number of benzene rings is 2.